The lowest BCUT2D eigenvalue weighted by atomic mass is 10.0. The molecule has 134 valence electrons. The van der Waals surface area contributed by atoms with Crippen molar-refractivity contribution in [3.05, 3.63) is 65.7 Å². The highest BCUT2D eigenvalue weighted by atomic mass is 16.5. The Kier molecular flexibility index (Phi) is 7.48. The van der Waals surface area contributed by atoms with Gasteiger partial charge in [-0.25, -0.2) is 0 Å². The second-order valence-electron chi connectivity index (χ2n) is 5.98. The van der Waals surface area contributed by atoms with Gasteiger partial charge in [0.2, 0.25) is 5.91 Å². The molecular formula is C21H28N2O2. The van der Waals surface area contributed by atoms with E-state index in [4.69, 9.17) is 4.74 Å². The summed E-state index contributed by atoms with van der Waals surface area (Å²) in [6, 6.07) is 18.2. The number of methoxy groups -OCH3 is 1. The molecule has 0 aliphatic carbocycles. The molecule has 0 radical (unpaired) electrons. The van der Waals surface area contributed by atoms with E-state index in [1.165, 1.54) is 5.56 Å². The number of nitrogens with one attached hydrogen (secondary N) is 1. The van der Waals surface area contributed by atoms with E-state index >= 15 is 0 Å². The molecule has 0 spiro atoms. The average Bonchev–Trinajstić information content (AvgIpc) is 2.66. The van der Waals surface area contributed by atoms with Crippen molar-refractivity contribution in [1.29, 1.82) is 0 Å². The van der Waals surface area contributed by atoms with Gasteiger partial charge >= 0.3 is 0 Å². The molecule has 0 saturated heterocycles. The Labute approximate surface area is 150 Å². The van der Waals surface area contributed by atoms with Crippen molar-refractivity contribution in [3.8, 4) is 5.75 Å². The van der Waals surface area contributed by atoms with Crippen molar-refractivity contribution in [3.63, 3.8) is 0 Å². The Morgan fingerprint density at radius 1 is 1.04 bits per heavy atom. The predicted octanol–water partition coefficient (Wildman–Crippen LogP) is 3.44. The molecule has 0 fully saturated rings. The van der Waals surface area contributed by atoms with Crippen LogP contribution >= 0.6 is 0 Å². The summed E-state index contributed by atoms with van der Waals surface area (Å²) in [5.41, 5.74) is 2.22. The quantitative estimate of drug-likeness (QED) is 0.760. The number of carbonyl (C=O) groups is 1. The summed E-state index contributed by atoms with van der Waals surface area (Å²) in [4.78, 5) is 14.7. The lowest BCUT2D eigenvalue weighted by Crippen LogP contribution is -2.38. The van der Waals surface area contributed by atoms with Gasteiger partial charge in [-0.1, -0.05) is 56.3 Å². The normalized spacial score (nSPS) is 12.0. The van der Waals surface area contributed by atoms with E-state index in [0.29, 0.717) is 13.0 Å². The maximum absolute atomic E-state index is 12.3. The molecule has 0 saturated carbocycles. The number of benzene rings is 2. The van der Waals surface area contributed by atoms with Crippen molar-refractivity contribution in [2.24, 2.45) is 0 Å². The number of ether oxygens (including phenoxy) is 1. The Bertz CT molecular complexity index is 637. The van der Waals surface area contributed by atoms with Crippen LogP contribution in [0.1, 0.15) is 31.0 Å². The van der Waals surface area contributed by atoms with Gasteiger partial charge in [-0.15, -0.1) is 0 Å². The van der Waals surface area contributed by atoms with Crippen LogP contribution < -0.4 is 10.1 Å². The Morgan fingerprint density at radius 2 is 1.68 bits per heavy atom. The summed E-state index contributed by atoms with van der Waals surface area (Å²) < 4.78 is 5.15. The first-order valence-electron chi connectivity index (χ1n) is 8.86. The monoisotopic (exact) mass is 340 g/mol. The molecular weight excluding hydrogens is 312 g/mol. The molecule has 4 nitrogen and oxygen atoms in total. The SMILES string of the molecule is CCN(CC)C(CNC(=O)Cc1ccc(OC)cc1)c1ccccc1. The largest absolute Gasteiger partial charge is 0.497 e. The third-order valence-corrected chi connectivity index (χ3v) is 4.45. The number of hydrogen-bond donors (Lipinski definition) is 1. The molecule has 1 atom stereocenters. The third-order valence-electron chi connectivity index (χ3n) is 4.45. The molecule has 0 aromatic heterocycles. The molecule has 0 bridgehead atoms. The van der Waals surface area contributed by atoms with Crippen LogP contribution in [-0.2, 0) is 11.2 Å². The first kappa shape index (κ1) is 19.0. The van der Waals surface area contributed by atoms with Crippen LogP contribution in [0.4, 0.5) is 0 Å². The van der Waals surface area contributed by atoms with Crippen molar-refractivity contribution < 1.29 is 9.53 Å². The summed E-state index contributed by atoms with van der Waals surface area (Å²) in [6.45, 7) is 6.81. The van der Waals surface area contributed by atoms with Crippen molar-refractivity contribution in [2.45, 2.75) is 26.3 Å². The van der Waals surface area contributed by atoms with Gasteiger partial charge in [0.15, 0.2) is 0 Å². The molecule has 2 aromatic carbocycles. The molecule has 1 unspecified atom stereocenters. The van der Waals surface area contributed by atoms with Crippen LogP contribution in [0, 0.1) is 0 Å². The number of likely N-dealkylation sites (N-methyl/N-ethyl adjacent to an activating group) is 1. The molecule has 1 amide bonds. The van der Waals surface area contributed by atoms with E-state index in [-0.39, 0.29) is 11.9 Å². The second kappa shape index (κ2) is 9.84. The topological polar surface area (TPSA) is 41.6 Å². The van der Waals surface area contributed by atoms with Crippen LogP contribution in [0.5, 0.6) is 5.75 Å². The van der Waals surface area contributed by atoms with E-state index in [1.54, 1.807) is 7.11 Å². The third kappa shape index (κ3) is 5.61. The molecule has 0 aliphatic rings. The fourth-order valence-electron chi connectivity index (χ4n) is 3.00. The molecule has 25 heavy (non-hydrogen) atoms. The van der Waals surface area contributed by atoms with Gasteiger partial charge < -0.3 is 10.1 Å². The number of carbonyl (C=O) groups excluding carboxylic acids is 1. The Hall–Kier alpha value is -2.33. The molecule has 4 heteroatoms. The van der Waals surface area contributed by atoms with Gasteiger partial charge in [0.25, 0.3) is 0 Å². The van der Waals surface area contributed by atoms with Crippen molar-refractivity contribution >= 4 is 5.91 Å². The van der Waals surface area contributed by atoms with E-state index in [1.807, 2.05) is 42.5 Å². The Morgan fingerprint density at radius 3 is 2.24 bits per heavy atom. The van der Waals surface area contributed by atoms with Crippen molar-refractivity contribution in [2.75, 3.05) is 26.7 Å². The molecule has 0 aliphatic heterocycles. The number of nitrogens with zero attached hydrogens (tertiary/aromatic N) is 1. The summed E-state index contributed by atoms with van der Waals surface area (Å²) in [5, 5.41) is 3.10. The van der Waals surface area contributed by atoms with Gasteiger partial charge in [0.1, 0.15) is 5.75 Å². The van der Waals surface area contributed by atoms with Crippen LogP contribution in [-0.4, -0.2) is 37.6 Å². The van der Waals surface area contributed by atoms with Crippen LogP contribution in [0.25, 0.3) is 0 Å². The molecule has 1 N–H and O–H groups in total. The molecule has 2 aromatic rings. The van der Waals surface area contributed by atoms with Crippen LogP contribution in [0.3, 0.4) is 0 Å². The second-order valence-corrected chi connectivity index (χ2v) is 5.98. The minimum absolute atomic E-state index is 0.0401. The maximum Gasteiger partial charge on any atom is 0.224 e. The zero-order valence-corrected chi connectivity index (χ0v) is 15.4. The lowest BCUT2D eigenvalue weighted by molar-refractivity contribution is -0.120. The van der Waals surface area contributed by atoms with E-state index in [0.717, 1.165) is 24.4 Å². The van der Waals surface area contributed by atoms with Gasteiger partial charge in [-0.2, -0.15) is 0 Å². The minimum Gasteiger partial charge on any atom is -0.497 e. The standard InChI is InChI=1S/C21H28N2O2/c1-4-23(5-2)20(18-9-7-6-8-10-18)16-22-21(24)15-17-11-13-19(25-3)14-12-17/h6-14,20H,4-5,15-16H2,1-3H3,(H,22,24). The van der Waals surface area contributed by atoms with Gasteiger partial charge in [0, 0.05) is 6.54 Å². The smallest absolute Gasteiger partial charge is 0.224 e. The van der Waals surface area contributed by atoms with Gasteiger partial charge in [0.05, 0.1) is 19.6 Å². The fourth-order valence-corrected chi connectivity index (χ4v) is 3.00. The molecule has 2 rings (SSSR count). The Balaban J connectivity index is 1.97. The number of rotatable bonds is 9. The molecule has 0 heterocycles. The predicted molar refractivity (Wildman–Crippen MR) is 102 cm³/mol. The van der Waals surface area contributed by atoms with E-state index < -0.39 is 0 Å². The maximum atomic E-state index is 12.3. The summed E-state index contributed by atoms with van der Waals surface area (Å²) in [7, 11) is 1.64. The van der Waals surface area contributed by atoms with Gasteiger partial charge in [-0.05, 0) is 36.3 Å². The average molecular weight is 340 g/mol. The number of amides is 1. The first-order chi connectivity index (χ1) is 12.2. The number of hydrogen-bond acceptors (Lipinski definition) is 3. The highest BCUT2D eigenvalue weighted by Gasteiger charge is 2.18. The minimum atomic E-state index is 0.0401. The zero-order valence-electron chi connectivity index (χ0n) is 15.4. The van der Waals surface area contributed by atoms with E-state index in [9.17, 15) is 4.79 Å². The van der Waals surface area contributed by atoms with E-state index in [2.05, 4.69) is 36.2 Å². The fraction of sp³-hybridized carbons (Fsp3) is 0.381. The zero-order chi connectivity index (χ0) is 18.1. The van der Waals surface area contributed by atoms with Gasteiger partial charge in [-0.3, -0.25) is 9.69 Å². The first-order valence-corrected chi connectivity index (χ1v) is 8.86. The lowest BCUT2D eigenvalue weighted by Gasteiger charge is -2.30. The summed E-state index contributed by atoms with van der Waals surface area (Å²) in [6.07, 6.45) is 0.379. The summed E-state index contributed by atoms with van der Waals surface area (Å²) >= 11 is 0. The van der Waals surface area contributed by atoms with Crippen LogP contribution in [0.15, 0.2) is 54.6 Å². The highest BCUT2D eigenvalue weighted by Crippen LogP contribution is 2.19. The van der Waals surface area contributed by atoms with Crippen molar-refractivity contribution in [1.82, 2.24) is 10.2 Å². The summed E-state index contributed by atoms with van der Waals surface area (Å²) in [5.74, 6) is 0.841. The highest BCUT2D eigenvalue weighted by molar-refractivity contribution is 5.78. The van der Waals surface area contributed by atoms with Crippen LogP contribution in [0.2, 0.25) is 0 Å².